The molecule has 1 aromatic heterocycles. The van der Waals surface area contributed by atoms with Crippen molar-refractivity contribution in [3.63, 3.8) is 0 Å². The van der Waals surface area contributed by atoms with Gasteiger partial charge in [0, 0.05) is 30.7 Å². The van der Waals surface area contributed by atoms with E-state index >= 15 is 0 Å². The molecule has 19 heavy (non-hydrogen) atoms. The topological polar surface area (TPSA) is 45.2 Å². The number of rotatable bonds is 4. The van der Waals surface area contributed by atoms with Crippen LogP contribution in [0.5, 0.6) is 0 Å². The molecular formula is C13H14ClN3OS. The summed E-state index contributed by atoms with van der Waals surface area (Å²) >= 11 is 7.69. The highest BCUT2D eigenvalue weighted by Gasteiger charge is 2.10. The van der Waals surface area contributed by atoms with E-state index < -0.39 is 0 Å². The van der Waals surface area contributed by atoms with E-state index in [1.165, 1.54) is 4.90 Å². The zero-order valence-electron chi connectivity index (χ0n) is 10.7. The van der Waals surface area contributed by atoms with Crippen molar-refractivity contribution >= 4 is 34.5 Å². The molecule has 1 N–H and O–H groups in total. The van der Waals surface area contributed by atoms with Crippen LogP contribution in [0.2, 0.25) is 5.02 Å². The number of hydrogen-bond donors (Lipinski definition) is 1. The Bertz CT molecular complexity index is 569. The average Bonchev–Trinajstić information content (AvgIpc) is 2.90. The van der Waals surface area contributed by atoms with Gasteiger partial charge in [0.25, 0.3) is 5.91 Å². The van der Waals surface area contributed by atoms with Crippen LogP contribution in [0.3, 0.4) is 0 Å². The van der Waals surface area contributed by atoms with E-state index in [0.29, 0.717) is 17.1 Å². The fourth-order valence-corrected chi connectivity index (χ4v) is 2.28. The molecule has 0 bridgehead atoms. The van der Waals surface area contributed by atoms with Crippen molar-refractivity contribution in [2.75, 3.05) is 19.4 Å². The maximum atomic E-state index is 11.9. The molecule has 2 aromatic rings. The molecule has 6 heteroatoms. The van der Waals surface area contributed by atoms with Gasteiger partial charge < -0.3 is 10.2 Å². The molecule has 0 spiro atoms. The number of halogens is 1. The van der Waals surface area contributed by atoms with Crippen LogP contribution in [-0.4, -0.2) is 29.9 Å². The molecule has 0 saturated carbocycles. The van der Waals surface area contributed by atoms with Gasteiger partial charge in [-0.1, -0.05) is 11.6 Å². The molecule has 1 amide bonds. The quantitative estimate of drug-likeness (QED) is 0.942. The molecule has 100 valence electrons. The Kier molecular flexibility index (Phi) is 4.39. The number of anilines is 1. The maximum absolute atomic E-state index is 11.9. The summed E-state index contributed by atoms with van der Waals surface area (Å²) in [6.07, 6.45) is 1.81. The van der Waals surface area contributed by atoms with Crippen molar-refractivity contribution < 1.29 is 4.79 Å². The third kappa shape index (κ3) is 3.45. The summed E-state index contributed by atoms with van der Waals surface area (Å²) in [5.41, 5.74) is 3.15. The molecule has 0 aliphatic carbocycles. The van der Waals surface area contributed by atoms with Gasteiger partial charge in [-0.3, -0.25) is 9.78 Å². The second-order valence-electron chi connectivity index (χ2n) is 4.22. The first-order chi connectivity index (χ1) is 9.08. The minimum absolute atomic E-state index is 0.0440. The lowest BCUT2D eigenvalue weighted by Gasteiger charge is -2.13. The monoisotopic (exact) mass is 295 g/mol. The normalized spacial score (nSPS) is 10.3. The van der Waals surface area contributed by atoms with Crippen molar-refractivity contribution in [1.29, 1.82) is 0 Å². The fourth-order valence-electron chi connectivity index (χ4n) is 1.56. The predicted molar refractivity (Wildman–Crippen MR) is 78.9 cm³/mol. The Morgan fingerprint density at radius 3 is 2.89 bits per heavy atom. The molecule has 4 nitrogen and oxygen atoms in total. The molecule has 0 aliphatic rings. The smallest absolute Gasteiger partial charge is 0.253 e. The largest absolute Gasteiger partial charge is 0.379 e. The summed E-state index contributed by atoms with van der Waals surface area (Å²) in [5.74, 6) is -0.0440. The summed E-state index contributed by atoms with van der Waals surface area (Å²) in [4.78, 5) is 18.5. The number of amides is 1. The van der Waals surface area contributed by atoms with Gasteiger partial charge >= 0.3 is 0 Å². The lowest BCUT2D eigenvalue weighted by molar-refractivity contribution is 0.0827. The van der Waals surface area contributed by atoms with Gasteiger partial charge in [-0.05, 0) is 18.2 Å². The van der Waals surface area contributed by atoms with E-state index in [0.717, 1.165) is 10.6 Å². The first-order valence-corrected chi connectivity index (χ1v) is 6.96. The SMILES string of the molecule is CN(C)C(=O)c1ccc(Cl)c(NCc2cncs2)c1. The number of thiazole rings is 1. The van der Waals surface area contributed by atoms with E-state index in [-0.39, 0.29) is 5.91 Å². The van der Waals surface area contributed by atoms with Gasteiger partial charge in [-0.2, -0.15) is 0 Å². The number of carbonyl (C=O) groups is 1. The van der Waals surface area contributed by atoms with Crippen LogP contribution in [0.25, 0.3) is 0 Å². The highest BCUT2D eigenvalue weighted by molar-refractivity contribution is 7.09. The first kappa shape index (κ1) is 13.8. The fraction of sp³-hybridized carbons (Fsp3) is 0.231. The van der Waals surface area contributed by atoms with Crippen molar-refractivity contribution in [1.82, 2.24) is 9.88 Å². The Morgan fingerprint density at radius 1 is 1.47 bits per heavy atom. The van der Waals surface area contributed by atoms with Crippen LogP contribution >= 0.6 is 22.9 Å². The molecule has 2 rings (SSSR count). The Balaban J connectivity index is 2.15. The van der Waals surface area contributed by atoms with Gasteiger partial charge in [-0.15, -0.1) is 11.3 Å². The maximum Gasteiger partial charge on any atom is 0.253 e. The zero-order valence-corrected chi connectivity index (χ0v) is 12.3. The molecule has 0 unspecified atom stereocenters. The number of benzene rings is 1. The number of aromatic nitrogens is 1. The summed E-state index contributed by atoms with van der Waals surface area (Å²) in [7, 11) is 3.45. The highest BCUT2D eigenvalue weighted by Crippen LogP contribution is 2.24. The van der Waals surface area contributed by atoms with Crippen molar-refractivity contribution in [3.05, 3.63) is 45.4 Å². The van der Waals surface area contributed by atoms with Crippen LogP contribution in [-0.2, 0) is 6.54 Å². The van der Waals surface area contributed by atoms with E-state index in [1.54, 1.807) is 55.3 Å². The third-order valence-corrected chi connectivity index (χ3v) is 3.67. The molecule has 1 heterocycles. The van der Waals surface area contributed by atoms with Gasteiger partial charge in [0.15, 0.2) is 0 Å². The minimum atomic E-state index is -0.0440. The van der Waals surface area contributed by atoms with Crippen LogP contribution < -0.4 is 5.32 Å². The highest BCUT2D eigenvalue weighted by atomic mass is 35.5. The van der Waals surface area contributed by atoms with Crippen LogP contribution in [0.15, 0.2) is 29.9 Å². The van der Waals surface area contributed by atoms with Crippen molar-refractivity contribution in [2.24, 2.45) is 0 Å². The number of nitrogens with zero attached hydrogens (tertiary/aromatic N) is 2. The summed E-state index contributed by atoms with van der Waals surface area (Å²) < 4.78 is 0. The van der Waals surface area contributed by atoms with E-state index in [9.17, 15) is 4.79 Å². The third-order valence-electron chi connectivity index (χ3n) is 2.56. The molecule has 0 atom stereocenters. The lowest BCUT2D eigenvalue weighted by atomic mass is 10.2. The molecule has 0 radical (unpaired) electrons. The van der Waals surface area contributed by atoms with Crippen LogP contribution in [0.1, 0.15) is 15.2 Å². The Hall–Kier alpha value is -1.59. The lowest BCUT2D eigenvalue weighted by Crippen LogP contribution is -2.21. The van der Waals surface area contributed by atoms with E-state index in [4.69, 9.17) is 11.6 Å². The van der Waals surface area contributed by atoms with E-state index in [2.05, 4.69) is 10.3 Å². The predicted octanol–water partition coefficient (Wildman–Crippen LogP) is 3.11. The zero-order chi connectivity index (χ0) is 13.8. The molecule has 0 saturated heterocycles. The van der Waals surface area contributed by atoms with Gasteiger partial charge in [-0.25, -0.2) is 0 Å². The van der Waals surface area contributed by atoms with Gasteiger partial charge in [0.1, 0.15) is 0 Å². The number of hydrogen-bond acceptors (Lipinski definition) is 4. The first-order valence-electron chi connectivity index (χ1n) is 5.70. The number of nitrogens with one attached hydrogen (secondary N) is 1. The summed E-state index contributed by atoms with van der Waals surface area (Å²) in [6, 6.07) is 5.22. The van der Waals surface area contributed by atoms with Gasteiger partial charge in [0.2, 0.25) is 0 Å². The Morgan fingerprint density at radius 2 is 2.26 bits per heavy atom. The average molecular weight is 296 g/mol. The van der Waals surface area contributed by atoms with Gasteiger partial charge in [0.05, 0.1) is 22.8 Å². The second kappa shape index (κ2) is 6.04. The molecule has 0 aliphatic heterocycles. The standard InChI is InChI=1S/C13H14ClN3OS/c1-17(2)13(18)9-3-4-11(14)12(5-9)16-7-10-6-15-8-19-10/h3-6,8,16H,7H2,1-2H3. The molecule has 0 fully saturated rings. The molecule has 1 aromatic carbocycles. The van der Waals surface area contributed by atoms with Crippen molar-refractivity contribution in [2.45, 2.75) is 6.54 Å². The van der Waals surface area contributed by atoms with E-state index in [1.807, 2.05) is 0 Å². The number of carbonyl (C=O) groups excluding carboxylic acids is 1. The summed E-state index contributed by atoms with van der Waals surface area (Å²) in [6.45, 7) is 0.643. The van der Waals surface area contributed by atoms with Crippen molar-refractivity contribution in [3.8, 4) is 0 Å². The second-order valence-corrected chi connectivity index (χ2v) is 5.59. The van der Waals surface area contributed by atoms with Crippen LogP contribution in [0.4, 0.5) is 5.69 Å². The van der Waals surface area contributed by atoms with Crippen LogP contribution in [0, 0.1) is 0 Å². The summed E-state index contributed by atoms with van der Waals surface area (Å²) in [5, 5.41) is 3.81. The minimum Gasteiger partial charge on any atom is -0.379 e. The molecular weight excluding hydrogens is 282 g/mol. The Labute approximate surface area is 121 Å².